The Morgan fingerprint density at radius 3 is 2.00 bits per heavy atom. The molecule has 0 atom stereocenters. The van der Waals surface area contributed by atoms with Gasteiger partial charge < -0.3 is 20.5 Å². The van der Waals surface area contributed by atoms with Crippen LogP contribution < -0.4 is 10.6 Å². The lowest BCUT2D eigenvalue weighted by atomic mass is 10.2. The van der Waals surface area contributed by atoms with Gasteiger partial charge in [-0.3, -0.25) is 14.4 Å². The van der Waals surface area contributed by atoms with Crippen molar-refractivity contribution in [1.82, 2.24) is 0 Å². The Kier molecular flexibility index (Phi) is 8.89. The summed E-state index contributed by atoms with van der Waals surface area (Å²) in [6, 6.07) is 13.3. The van der Waals surface area contributed by atoms with Gasteiger partial charge in [-0.15, -0.1) is 11.8 Å². The lowest BCUT2D eigenvalue weighted by Crippen LogP contribution is -2.14. The average molecular weight is 430 g/mol. The van der Waals surface area contributed by atoms with Gasteiger partial charge in [0.15, 0.2) is 0 Å². The zero-order valence-electron chi connectivity index (χ0n) is 16.3. The molecule has 30 heavy (non-hydrogen) atoms. The van der Waals surface area contributed by atoms with Gasteiger partial charge >= 0.3 is 11.9 Å². The van der Waals surface area contributed by atoms with E-state index in [1.807, 2.05) is 0 Å². The standard InChI is InChI=1S/C21H22N2O6S/c1-2-29-21(28)14-3-5-15(6-4-14)23-19(25)13-30-17-9-7-16(8-10-17)22-18(24)11-12-20(26)27/h3-10H,2,11-13H2,1H3,(H,22,24)(H,23,25)(H,26,27). The second-order valence-corrected chi connectivity index (χ2v) is 7.15. The fraction of sp³-hybridized carbons (Fsp3) is 0.238. The smallest absolute Gasteiger partial charge is 0.338 e. The fourth-order valence-corrected chi connectivity index (χ4v) is 3.03. The summed E-state index contributed by atoms with van der Waals surface area (Å²) in [4.78, 5) is 46.7. The van der Waals surface area contributed by atoms with E-state index in [1.165, 1.54) is 11.8 Å². The molecule has 0 heterocycles. The number of hydrogen-bond donors (Lipinski definition) is 3. The van der Waals surface area contributed by atoms with Crippen molar-refractivity contribution >= 4 is 46.9 Å². The molecule has 8 nitrogen and oxygen atoms in total. The van der Waals surface area contributed by atoms with E-state index in [-0.39, 0.29) is 30.4 Å². The molecule has 0 fully saturated rings. The van der Waals surface area contributed by atoms with E-state index in [4.69, 9.17) is 9.84 Å². The third-order valence-electron chi connectivity index (χ3n) is 3.75. The van der Waals surface area contributed by atoms with E-state index in [9.17, 15) is 19.2 Å². The van der Waals surface area contributed by atoms with E-state index in [1.54, 1.807) is 55.5 Å². The van der Waals surface area contributed by atoms with Crippen LogP contribution in [0, 0.1) is 0 Å². The highest BCUT2D eigenvalue weighted by Gasteiger charge is 2.09. The largest absolute Gasteiger partial charge is 0.481 e. The quantitative estimate of drug-likeness (QED) is 0.390. The third kappa shape index (κ3) is 7.96. The van der Waals surface area contributed by atoms with Crippen LogP contribution in [0.4, 0.5) is 11.4 Å². The molecule has 3 N–H and O–H groups in total. The van der Waals surface area contributed by atoms with Crippen LogP contribution in [0.25, 0.3) is 0 Å². The van der Waals surface area contributed by atoms with Gasteiger partial charge in [-0.2, -0.15) is 0 Å². The molecule has 0 saturated heterocycles. The highest BCUT2D eigenvalue weighted by atomic mass is 32.2. The highest BCUT2D eigenvalue weighted by Crippen LogP contribution is 2.21. The predicted molar refractivity (Wildman–Crippen MR) is 114 cm³/mol. The van der Waals surface area contributed by atoms with E-state index in [0.717, 1.165) is 4.90 Å². The van der Waals surface area contributed by atoms with E-state index < -0.39 is 11.9 Å². The van der Waals surface area contributed by atoms with Gasteiger partial charge in [0.2, 0.25) is 11.8 Å². The molecule has 0 aliphatic rings. The molecule has 2 amide bonds. The summed E-state index contributed by atoms with van der Waals surface area (Å²) in [5, 5.41) is 14.0. The maximum absolute atomic E-state index is 12.1. The zero-order chi connectivity index (χ0) is 21.9. The number of anilines is 2. The Morgan fingerprint density at radius 1 is 0.867 bits per heavy atom. The number of thioether (sulfide) groups is 1. The van der Waals surface area contributed by atoms with Crippen molar-refractivity contribution in [2.45, 2.75) is 24.7 Å². The molecule has 0 aliphatic heterocycles. The number of carboxylic acid groups (broad SMARTS) is 1. The molecule has 0 spiro atoms. The normalized spacial score (nSPS) is 10.2. The van der Waals surface area contributed by atoms with Crippen LogP contribution in [-0.4, -0.2) is 41.2 Å². The van der Waals surface area contributed by atoms with Crippen molar-refractivity contribution in [3.8, 4) is 0 Å². The SMILES string of the molecule is CCOC(=O)c1ccc(NC(=O)CSc2ccc(NC(=O)CCC(=O)O)cc2)cc1. The minimum atomic E-state index is -1.02. The van der Waals surface area contributed by atoms with Crippen molar-refractivity contribution in [3.05, 3.63) is 54.1 Å². The Balaban J connectivity index is 1.78. The number of amides is 2. The minimum absolute atomic E-state index is 0.0905. The molecule has 0 aliphatic carbocycles. The number of aliphatic carboxylic acids is 1. The number of ether oxygens (including phenoxy) is 1. The zero-order valence-corrected chi connectivity index (χ0v) is 17.2. The van der Waals surface area contributed by atoms with Crippen LogP contribution in [0.15, 0.2) is 53.4 Å². The van der Waals surface area contributed by atoms with E-state index in [2.05, 4.69) is 10.6 Å². The van der Waals surface area contributed by atoms with Crippen molar-refractivity contribution in [2.24, 2.45) is 0 Å². The summed E-state index contributed by atoms with van der Waals surface area (Å²) in [5.41, 5.74) is 1.55. The number of esters is 1. The highest BCUT2D eigenvalue weighted by molar-refractivity contribution is 8.00. The van der Waals surface area contributed by atoms with Crippen LogP contribution in [0.2, 0.25) is 0 Å². The van der Waals surface area contributed by atoms with Crippen molar-refractivity contribution in [2.75, 3.05) is 23.0 Å². The fourth-order valence-electron chi connectivity index (χ4n) is 2.33. The molecule has 0 aromatic heterocycles. The monoisotopic (exact) mass is 430 g/mol. The van der Waals surface area contributed by atoms with Crippen LogP contribution in [0.3, 0.4) is 0 Å². The molecule has 0 unspecified atom stereocenters. The lowest BCUT2D eigenvalue weighted by Gasteiger charge is -2.08. The van der Waals surface area contributed by atoms with Gasteiger partial charge in [-0.05, 0) is 55.5 Å². The first kappa shape index (κ1) is 23.0. The molecule has 0 saturated carbocycles. The first-order chi connectivity index (χ1) is 14.4. The summed E-state index contributed by atoms with van der Waals surface area (Å²) in [5.74, 6) is -1.82. The Morgan fingerprint density at radius 2 is 1.43 bits per heavy atom. The predicted octanol–water partition coefficient (Wildman–Crippen LogP) is 3.40. The maximum Gasteiger partial charge on any atom is 0.338 e. The molecule has 0 bridgehead atoms. The van der Waals surface area contributed by atoms with Crippen LogP contribution in [0.1, 0.15) is 30.1 Å². The first-order valence-electron chi connectivity index (χ1n) is 9.19. The number of rotatable bonds is 10. The van der Waals surface area contributed by atoms with Crippen molar-refractivity contribution in [1.29, 1.82) is 0 Å². The Labute approximate surface area is 178 Å². The topological polar surface area (TPSA) is 122 Å². The van der Waals surface area contributed by atoms with Crippen LogP contribution >= 0.6 is 11.8 Å². The van der Waals surface area contributed by atoms with Gasteiger partial charge in [0.25, 0.3) is 0 Å². The van der Waals surface area contributed by atoms with Gasteiger partial charge in [-0.25, -0.2) is 4.79 Å². The first-order valence-corrected chi connectivity index (χ1v) is 10.2. The summed E-state index contributed by atoms with van der Waals surface area (Å²) < 4.78 is 4.91. The molecule has 0 radical (unpaired) electrons. The van der Waals surface area contributed by atoms with Crippen molar-refractivity contribution in [3.63, 3.8) is 0 Å². The number of carbonyl (C=O) groups excluding carboxylic acids is 3. The molecule has 2 aromatic rings. The number of benzene rings is 2. The summed E-state index contributed by atoms with van der Waals surface area (Å²) in [6.07, 6.45) is -0.312. The Bertz CT molecular complexity index is 897. The molecule has 2 rings (SSSR count). The molecule has 9 heteroatoms. The number of carbonyl (C=O) groups is 4. The van der Waals surface area contributed by atoms with E-state index in [0.29, 0.717) is 23.5 Å². The van der Waals surface area contributed by atoms with Crippen LogP contribution in [-0.2, 0) is 19.1 Å². The number of carboxylic acids is 1. The third-order valence-corrected chi connectivity index (χ3v) is 4.77. The van der Waals surface area contributed by atoms with Crippen LogP contribution in [0.5, 0.6) is 0 Å². The Hall–Kier alpha value is -3.33. The molecular weight excluding hydrogens is 408 g/mol. The maximum atomic E-state index is 12.1. The number of hydrogen-bond acceptors (Lipinski definition) is 6. The minimum Gasteiger partial charge on any atom is -0.481 e. The number of nitrogens with one attached hydrogen (secondary N) is 2. The average Bonchev–Trinajstić information content (AvgIpc) is 2.72. The second kappa shape index (κ2) is 11.6. The summed E-state index contributed by atoms with van der Waals surface area (Å²) in [6.45, 7) is 2.03. The molecule has 158 valence electrons. The van der Waals surface area contributed by atoms with Gasteiger partial charge in [0, 0.05) is 22.7 Å². The van der Waals surface area contributed by atoms with Gasteiger partial charge in [0.05, 0.1) is 24.3 Å². The van der Waals surface area contributed by atoms with Crippen molar-refractivity contribution < 1.29 is 29.0 Å². The second-order valence-electron chi connectivity index (χ2n) is 6.10. The lowest BCUT2D eigenvalue weighted by molar-refractivity contribution is -0.138. The summed E-state index contributed by atoms with van der Waals surface area (Å²) >= 11 is 1.33. The summed E-state index contributed by atoms with van der Waals surface area (Å²) in [7, 11) is 0. The molecule has 2 aromatic carbocycles. The van der Waals surface area contributed by atoms with E-state index >= 15 is 0 Å². The molecular formula is C21H22N2O6S. The van der Waals surface area contributed by atoms with Gasteiger partial charge in [0.1, 0.15) is 0 Å². The van der Waals surface area contributed by atoms with Gasteiger partial charge in [-0.1, -0.05) is 0 Å².